The van der Waals surface area contributed by atoms with Crippen molar-refractivity contribution in [1.82, 2.24) is 19.6 Å². The summed E-state index contributed by atoms with van der Waals surface area (Å²) in [6, 6.07) is 4.79. The van der Waals surface area contributed by atoms with Crippen molar-refractivity contribution in [2.75, 3.05) is 0 Å². The van der Waals surface area contributed by atoms with Crippen molar-refractivity contribution in [3.05, 3.63) is 58.4 Å². The molecule has 0 radical (unpaired) electrons. The number of fused-ring (bicyclic) bond motifs is 1. The summed E-state index contributed by atoms with van der Waals surface area (Å²) in [6.45, 7) is 3.08. The largest absolute Gasteiger partial charge is 0.458 e. The lowest BCUT2D eigenvalue weighted by atomic mass is 9.73. The number of ketones is 1. The molecule has 2 atom stereocenters. The molecule has 1 N–H and O–H groups in total. The van der Waals surface area contributed by atoms with Crippen molar-refractivity contribution in [2.24, 2.45) is 11.8 Å². The third-order valence-corrected chi connectivity index (χ3v) is 7.87. The van der Waals surface area contributed by atoms with Gasteiger partial charge in [-0.1, -0.05) is 36.6 Å². The average Bonchev–Trinajstić information content (AvgIpc) is 3.49. The number of aliphatic hydroxyl groups is 1. The summed E-state index contributed by atoms with van der Waals surface area (Å²) >= 11 is 5.96. The summed E-state index contributed by atoms with van der Waals surface area (Å²) < 4.78 is 22.2. The van der Waals surface area contributed by atoms with E-state index in [1.807, 2.05) is 0 Å². The molecule has 3 heterocycles. The maximum Gasteiger partial charge on any atom is 0.317 e. The molecular formula is C27H30ClFN4O4. The molecule has 196 valence electrons. The van der Waals surface area contributed by atoms with Crippen LogP contribution < -0.4 is 0 Å². The zero-order chi connectivity index (χ0) is 26.4. The van der Waals surface area contributed by atoms with E-state index in [0.717, 1.165) is 31.2 Å². The molecule has 5 rings (SSSR count). The molecule has 1 aromatic carbocycles. The van der Waals surface area contributed by atoms with Gasteiger partial charge in [0.1, 0.15) is 17.3 Å². The van der Waals surface area contributed by atoms with Crippen molar-refractivity contribution in [3.8, 4) is 0 Å². The van der Waals surface area contributed by atoms with Gasteiger partial charge in [0, 0.05) is 18.4 Å². The number of hydrogen-bond acceptors (Lipinski definition) is 7. The van der Waals surface area contributed by atoms with Crippen LogP contribution in [0.25, 0.3) is 5.78 Å². The average molecular weight is 529 g/mol. The number of benzene rings is 1. The van der Waals surface area contributed by atoms with Gasteiger partial charge >= 0.3 is 5.97 Å². The van der Waals surface area contributed by atoms with E-state index in [-0.39, 0.29) is 30.1 Å². The Bertz CT molecular complexity index is 1330. The number of nitrogens with zero attached hydrogens (tertiary/aromatic N) is 4. The number of Topliss-reactive ketones (excluding diaryl/α,β-unsaturated/α-hetero) is 1. The summed E-state index contributed by atoms with van der Waals surface area (Å²) in [5.41, 5.74) is -1.24. The lowest BCUT2D eigenvalue weighted by molar-refractivity contribution is -0.185. The zero-order valence-electron chi connectivity index (χ0n) is 20.9. The van der Waals surface area contributed by atoms with Gasteiger partial charge in [-0.05, 0) is 57.1 Å². The van der Waals surface area contributed by atoms with E-state index in [4.69, 9.17) is 16.3 Å². The number of aryl methyl sites for hydroxylation is 1. The van der Waals surface area contributed by atoms with E-state index in [1.165, 1.54) is 30.6 Å². The van der Waals surface area contributed by atoms with Gasteiger partial charge in [-0.3, -0.25) is 9.59 Å². The zero-order valence-corrected chi connectivity index (χ0v) is 21.7. The Morgan fingerprint density at radius 2 is 2.03 bits per heavy atom. The summed E-state index contributed by atoms with van der Waals surface area (Å²) in [6.07, 6.45) is 7.87. The lowest BCUT2D eigenvalue weighted by Gasteiger charge is -2.43. The molecule has 0 spiro atoms. The van der Waals surface area contributed by atoms with Crippen LogP contribution in [0.2, 0.25) is 5.02 Å². The number of cyclic esters (lactones) is 1. The normalized spacial score (nSPS) is 23.1. The molecule has 2 fully saturated rings. The van der Waals surface area contributed by atoms with Crippen LogP contribution in [-0.4, -0.2) is 42.0 Å². The topological polar surface area (TPSA) is 107 Å². The Morgan fingerprint density at radius 1 is 1.27 bits per heavy atom. The standard InChI is InChI=1S/C27H30ClFN4O4/c1-26(2,36)20-8-7-16(11-21(20)29)9-10-27(17-5-3-4-6-17)13-22(34)19(24(35)37-27)12-23-31-25-30-14-18(28)15-33(25)32-23/h7-8,11,14-15,17,19,36H,3-6,9-10,12-13H2,1-2H3. The molecule has 0 bridgehead atoms. The molecule has 3 aromatic rings. The van der Waals surface area contributed by atoms with Gasteiger partial charge in [-0.2, -0.15) is 4.98 Å². The number of hydrogen-bond donors (Lipinski definition) is 1. The van der Waals surface area contributed by atoms with Crippen LogP contribution in [0.5, 0.6) is 0 Å². The third kappa shape index (κ3) is 5.25. The summed E-state index contributed by atoms with van der Waals surface area (Å²) in [5.74, 6) is -1.46. The van der Waals surface area contributed by atoms with E-state index >= 15 is 0 Å². The van der Waals surface area contributed by atoms with E-state index in [1.54, 1.807) is 18.3 Å². The first kappa shape index (κ1) is 25.7. The molecular weight excluding hydrogens is 499 g/mol. The first-order valence-corrected chi connectivity index (χ1v) is 13.1. The summed E-state index contributed by atoms with van der Waals surface area (Å²) in [7, 11) is 0. The van der Waals surface area contributed by atoms with Gasteiger partial charge in [0.15, 0.2) is 11.6 Å². The van der Waals surface area contributed by atoms with Crippen LogP contribution in [-0.2, 0) is 32.8 Å². The van der Waals surface area contributed by atoms with Crippen molar-refractivity contribution in [1.29, 1.82) is 0 Å². The predicted octanol–water partition coefficient (Wildman–Crippen LogP) is 4.38. The van der Waals surface area contributed by atoms with Crippen LogP contribution in [0.15, 0.2) is 30.6 Å². The van der Waals surface area contributed by atoms with E-state index in [2.05, 4.69) is 15.1 Å². The molecule has 10 heteroatoms. The number of aromatic nitrogens is 4. The lowest BCUT2D eigenvalue weighted by Crippen LogP contribution is -2.52. The molecule has 2 unspecified atom stereocenters. The maximum absolute atomic E-state index is 14.7. The van der Waals surface area contributed by atoms with E-state index in [9.17, 15) is 19.1 Å². The second kappa shape index (κ2) is 9.76. The number of rotatable bonds is 7. The molecule has 2 aromatic heterocycles. The molecule has 37 heavy (non-hydrogen) atoms. The number of halogens is 2. The third-order valence-electron chi connectivity index (χ3n) is 7.67. The van der Waals surface area contributed by atoms with Crippen LogP contribution in [0, 0.1) is 17.7 Å². The fourth-order valence-electron chi connectivity index (χ4n) is 5.71. The Kier molecular flexibility index (Phi) is 6.79. The minimum Gasteiger partial charge on any atom is -0.458 e. The van der Waals surface area contributed by atoms with Crippen LogP contribution >= 0.6 is 11.6 Å². The van der Waals surface area contributed by atoms with Gasteiger partial charge in [-0.25, -0.2) is 13.9 Å². The first-order chi connectivity index (χ1) is 17.5. The molecule has 1 aliphatic carbocycles. The Labute approximate surface area is 219 Å². The number of carbonyl (C=O) groups is 2. The second-order valence-electron chi connectivity index (χ2n) is 10.8. The number of carbonyl (C=O) groups excluding carboxylic acids is 2. The van der Waals surface area contributed by atoms with Crippen LogP contribution in [0.4, 0.5) is 4.39 Å². The second-order valence-corrected chi connectivity index (χ2v) is 11.2. The molecule has 1 saturated carbocycles. The Hall–Kier alpha value is -2.91. The van der Waals surface area contributed by atoms with Crippen molar-refractivity contribution in [3.63, 3.8) is 0 Å². The van der Waals surface area contributed by atoms with Gasteiger partial charge in [-0.15, -0.1) is 5.10 Å². The molecule has 1 saturated heterocycles. The van der Waals surface area contributed by atoms with Gasteiger partial charge < -0.3 is 9.84 Å². The fourth-order valence-corrected chi connectivity index (χ4v) is 5.86. The summed E-state index contributed by atoms with van der Waals surface area (Å²) in [4.78, 5) is 35.0. The first-order valence-electron chi connectivity index (χ1n) is 12.7. The minimum atomic E-state index is -1.29. The fraction of sp³-hybridized carbons (Fsp3) is 0.519. The van der Waals surface area contributed by atoms with Gasteiger partial charge in [0.05, 0.1) is 23.0 Å². The number of esters is 1. The van der Waals surface area contributed by atoms with Gasteiger partial charge in [0.25, 0.3) is 5.78 Å². The smallest absolute Gasteiger partial charge is 0.317 e. The highest BCUT2D eigenvalue weighted by Crippen LogP contribution is 2.45. The van der Waals surface area contributed by atoms with E-state index in [0.29, 0.717) is 29.5 Å². The molecule has 2 aliphatic rings. The maximum atomic E-state index is 14.7. The minimum absolute atomic E-state index is 0.0308. The van der Waals surface area contributed by atoms with Crippen molar-refractivity contribution < 1.29 is 23.8 Å². The highest BCUT2D eigenvalue weighted by Gasteiger charge is 2.51. The monoisotopic (exact) mass is 528 g/mol. The SMILES string of the molecule is CC(C)(O)c1ccc(CCC2(C3CCCC3)CC(=O)C(Cc3nc4ncc(Cl)cn4n3)C(=O)O2)cc1F. The molecule has 8 nitrogen and oxygen atoms in total. The quantitative estimate of drug-likeness (QED) is 0.358. The Balaban J connectivity index is 1.34. The highest BCUT2D eigenvalue weighted by molar-refractivity contribution is 6.30. The van der Waals surface area contributed by atoms with Crippen molar-refractivity contribution >= 4 is 29.1 Å². The van der Waals surface area contributed by atoms with Gasteiger partial charge in [0.2, 0.25) is 0 Å². The van der Waals surface area contributed by atoms with Crippen LogP contribution in [0.1, 0.15) is 69.3 Å². The van der Waals surface area contributed by atoms with Crippen molar-refractivity contribution in [2.45, 2.75) is 76.4 Å². The summed E-state index contributed by atoms with van der Waals surface area (Å²) in [5, 5.41) is 14.9. The van der Waals surface area contributed by atoms with Crippen LogP contribution in [0.3, 0.4) is 0 Å². The molecule has 0 amide bonds. The number of ether oxygens (including phenoxy) is 1. The highest BCUT2D eigenvalue weighted by atomic mass is 35.5. The Morgan fingerprint density at radius 3 is 2.70 bits per heavy atom. The van der Waals surface area contributed by atoms with E-state index < -0.39 is 28.9 Å². The predicted molar refractivity (Wildman–Crippen MR) is 133 cm³/mol. The molecule has 1 aliphatic heterocycles.